The molecule has 0 radical (unpaired) electrons. The van der Waals surface area contributed by atoms with E-state index in [1.807, 2.05) is 12.1 Å². The van der Waals surface area contributed by atoms with E-state index < -0.39 is 0 Å². The Morgan fingerprint density at radius 2 is 1.95 bits per heavy atom. The molecule has 0 saturated carbocycles. The predicted octanol–water partition coefficient (Wildman–Crippen LogP) is 3.64. The average molecular weight is 296 g/mol. The van der Waals surface area contributed by atoms with Gasteiger partial charge in [-0.3, -0.25) is 4.79 Å². The van der Waals surface area contributed by atoms with Crippen LogP contribution in [0.3, 0.4) is 0 Å². The molecule has 22 heavy (non-hydrogen) atoms. The number of H-pyrrole nitrogens is 1. The van der Waals surface area contributed by atoms with Crippen LogP contribution in [0.2, 0.25) is 0 Å². The SMILES string of the molecule is CC1CCN(C[C@H]2CCc3[nH]c4ccccc4c3C2=O)CC1. The van der Waals surface area contributed by atoms with Gasteiger partial charge in [0.25, 0.3) is 0 Å². The molecule has 116 valence electrons. The average Bonchev–Trinajstić information content (AvgIpc) is 2.91. The van der Waals surface area contributed by atoms with Crippen LogP contribution in [0.4, 0.5) is 0 Å². The van der Waals surface area contributed by atoms with E-state index in [0.717, 1.165) is 60.6 Å². The summed E-state index contributed by atoms with van der Waals surface area (Å²) in [6, 6.07) is 8.20. The van der Waals surface area contributed by atoms with Gasteiger partial charge in [0.15, 0.2) is 5.78 Å². The van der Waals surface area contributed by atoms with Gasteiger partial charge in [-0.15, -0.1) is 0 Å². The van der Waals surface area contributed by atoms with Crippen molar-refractivity contribution in [2.75, 3.05) is 19.6 Å². The second-order valence-corrected chi connectivity index (χ2v) is 7.11. The molecule has 1 N–H and O–H groups in total. The molecule has 0 amide bonds. The fourth-order valence-corrected chi connectivity index (χ4v) is 4.05. The van der Waals surface area contributed by atoms with Crippen LogP contribution in [0.15, 0.2) is 24.3 Å². The quantitative estimate of drug-likeness (QED) is 0.918. The third-order valence-electron chi connectivity index (χ3n) is 5.50. The van der Waals surface area contributed by atoms with Gasteiger partial charge in [0.1, 0.15) is 0 Å². The largest absolute Gasteiger partial charge is 0.358 e. The molecule has 2 heterocycles. The monoisotopic (exact) mass is 296 g/mol. The van der Waals surface area contributed by atoms with Crippen molar-refractivity contribution in [2.24, 2.45) is 11.8 Å². The lowest BCUT2D eigenvalue weighted by Gasteiger charge is -2.33. The van der Waals surface area contributed by atoms with Crippen LogP contribution < -0.4 is 0 Å². The Hall–Kier alpha value is -1.61. The fraction of sp³-hybridized carbons (Fsp3) is 0.526. The summed E-state index contributed by atoms with van der Waals surface area (Å²) < 4.78 is 0. The zero-order chi connectivity index (χ0) is 15.1. The minimum Gasteiger partial charge on any atom is -0.358 e. The molecule has 1 aromatic heterocycles. The van der Waals surface area contributed by atoms with Gasteiger partial charge in [0.05, 0.1) is 0 Å². The molecule has 4 rings (SSSR count). The second kappa shape index (κ2) is 5.54. The van der Waals surface area contributed by atoms with Gasteiger partial charge >= 0.3 is 0 Å². The number of hydrogen-bond acceptors (Lipinski definition) is 2. The molecule has 1 fully saturated rings. The lowest BCUT2D eigenvalue weighted by molar-refractivity contribution is 0.0834. The molecular formula is C19H24N2O. The van der Waals surface area contributed by atoms with Gasteiger partial charge in [-0.05, 0) is 50.8 Å². The molecule has 1 aromatic carbocycles. The summed E-state index contributed by atoms with van der Waals surface area (Å²) in [5.41, 5.74) is 3.22. The second-order valence-electron chi connectivity index (χ2n) is 7.11. The normalized spacial score (nSPS) is 23.9. The first-order valence-electron chi connectivity index (χ1n) is 8.58. The van der Waals surface area contributed by atoms with E-state index in [9.17, 15) is 4.79 Å². The van der Waals surface area contributed by atoms with Crippen molar-refractivity contribution < 1.29 is 4.79 Å². The number of Topliss-reactive ketones (excluding diaryl/α,β-unsaturated/α-hetero) is 1. The van der Waals surface area contributed by atoms with Crippen molar-refractivity contribution in [1.29, 1.82) is 0 Å². The maximum absolute atomic E-state index is 13.0. The number of aryl methyl sites for hydroxylation is 1. The minimum atomic E-state index is 0.181. The Morgan fingerprint density at radius 3 is 2.77 bits per heavy atom. The van der Waals surface area contributed by atoms with Crippen LogP contribution in [0.5, 0.6) is 0 Å². The summed E-state index contributed by atoms with van der Waals surface area (Å²) in [6.45, 7) is 5.60. The van der Waals surface area contributed by atoms with Crippen molar-refractivity contribution in [2.45, 2.75) is 32.6 Å². The molecule has 1 aliphatic carbocycles. The van der Waals surface area contributed by atoms with Crippen molar-refractivity contribution >= 4 is 16.7 Å². The van der Waals surface area contributed by atoms with Crippen molar-refractivity contribution in [3.05, 3.63) is 35.5 Å². The predicted molar refractivity (Wildman–Crippen MR) is 89.3 cm³/mol. The first kappa shape index (κ1) is 14.0. The van der Waals surface area contributed by atoms with E-state index >= 15 is 0 Å². The van der Waals surface area contributed by atoms with E-state index in [-0.39, 0.29) is 5.92 Å². The topological polar surface area (TPSA) is 36.1 Å². The van der Waals surface area contributed by atoms with Crippen molar-refractivity contribution in [3.8, 4) is 0 Å². The van der Waals surface area contributed by atoms with Crippen LogP contribution in [-0.4, -0.2) is 35.3 Å². The zero-order valence-corrected chi connectivity index (χ0v) is 13.3. The number of aromatic amines is 1. The first-order chi connectivity index (χ1) is 10.7. The number of ketones is 1. The molecule has 2 aliphatic rings. The van der Waals surface area contributed by atoms with Crippen molar-refractivity contribution in [3.63, 3.8) is 0 Å². The lowest BCUT2D eigenvalue weighted by atomic mass is 9.84. The number of fused-ring (bicyclic) bond motifs is 3. The van der Waals surface area contributed by atoms with Crippen LogP contribution in [0.1, 0.15) is 42.2 Å². The molecule has 3 heteroatoms. The van der Waals surface area contributed by atoms with E-state index in [1.165, 1.54) is 12.8 Å². The Bertz CT molecular complexity index is 695. The number of nitrogens with zero attached hydrogens (tertiary/aromatic N) is 1. The number of carbonyl (C=O) groups excluding carboxylic acids is 1. The van der Waals surface area contributed by atoms with Crippen LogP contribution in [0, 0.1) is 11.8 Å². The number of benzene rings is 1. The third-order valence-corrected chi connectivity index (χ3v) is 5.50. The summed E-state index contributed by atoms with van der Waals surface area (Å²) >= 11 is 0. The molecule has 1 saturated heterocycles. The summed E-state index contributed by atoms with van der Waals surface area (Å²) in [7, 11) is 0. The zero-order valence-electron chi connectivity index (χ0n) is 13.3. The number of piperidine rings is 1. The highest BCUT2D eigenvalue weighted by Crippen LogP contribution is 2.32. The number of nitrogens with one attached hydrogen (secondary N) is 1. The Labute approximate surface area is 131 Å². The molecule has 0 unspecified atom stereocenters. The van der Waals surface area contributed by atoms with Gasteiger partial charge in [-0.2, -0.15) is 0 Å². The van der Waals surface area contributed by atoms with Gasteiger partial charge in [0.2, 0.25) is 0 Å². The molecule has 3 nitrogen and oxygen atoms in total. The molecular weight excluding hydrogens is 272 g/mol. The van der Waals surface area contributed by atoms with E-state index in [2.05, 4.69) is 28.9 Å². The Balaban J connectivity index is 1.56. The molecule has 2 aromatic rings. The third kappa shape index (κ3) is 2.38. The summed E-state index contributed by atoms with van der Waals surface area (Å²) in [4.78, 5) is 18.9. The maximum atomic E-state index is 13.0. The van der Waals surface area contributed by atoms with Crippen LogP contribution in [-0.2, 0) is 6.42 Å². The number of rotatable bonds is 2. The highest BCUT2D eigenvalue weighted by Gasteiger charge is 2.32. The maximum Gasteiger partial charge on any atom is 0.169 e. The highest BCUT2D eigenvalue weighted by atomic mass is 16.1. The standard InChI is InChI=1S/C19H24N2O/c1-13-8-10-21(11-9-13)12-14-6-7-17-18(19(14)22)15-4-2-3-5-16(15)20-17/h2-5,13-14,20H,6-12H2,1H3/t14-/m1/s1. The van der Waals surface area contributed by atoms with Crippen LogP contribution in [0.25, 0.3) is 10.9 Å². The van der Waals surface area contributed by atoms with Crippen LogP contribution >= 0.6 is 0 Å². The van der Waals surface area contributed by atoms with Crippen molar-refractivity contribution in [1.82, 2.24) is 9.88 Å². The Morgan fingerprint density at radius 1 is 1.18 bits per heavy atom. The van der Waals surface area contributed by atoms with Gasteiger partial charge in [-0.1, -0.05) is 25.1 Å². The van der Waals surface area contributed by atoms with E-state index in [4.69, 9.17) is 0 Å². The summed E-state index contributed by atoms with van der Waals surface area (Å²) in [6.07, 6.45) is 4.55. The fourth-order valence-electron chi connectivity index (χ4n) is 4.05. The number of hydrogen-bond donors (Lipinski definition) is 1. The van der Waals surface area contributed by atoms with Gasteiger partial charge < -0.3 is 9.88 Å². The summed E-state index contributed by atoms with van der Waals surface area (Å²) in [5, 5.41) is 1.11. The lowest BCUT2D eigenvalue weighted by Crippen LogP contribution is -2.40. The summed E-state index contributed by atoms with van der Waals surface area (Å²) in [5.74, 6) is 1.39. The first-order valence-corrected chi connectivity index (χ1v) is 8.58. The number of carbonyl (C=O) groups is 1. The molecule has 1 atom stereocenters. The molecule has 0 bridgehead atoms. The van der Waals surface area contributed by atoms with Gasteiger partial charge in [0, 0.05) is 34.6 Å². The molecule has 1 aliphatic heterocycles. The van der Waals surface area contributed by atoms with E-state index in [0.29, 0.717) is 5.78 Å². The number of para-hydroxylation sites is 1. The number of likely N-dealkylation sites (tertiary alicyclic amines) is 1. The van der Waals surface area contributed by atoms with Gasteiger partial charge in [-0.25, -0.2) is 0 Å². The minimum absolute atomic E-state index is 0.181. The highest BCUT2D eigenvalue weighted by molar-refractivity contribution is 6.11. The number of aromatic nitrogens is 1. The molecule has 0 spiro atoms. The Kier molecular flexibility index (Phi) is 3.53. The smallest absolute Gasteiger partial charge is 0.169 e. The van der Waals surface area contributed by atoms with E-state index in [1.54, 1.807) is 0 Å².